The molecule has 0 radical (unpaired) electrons. The Balaban J connectivity index is 1.69. The van der Waals surface area contributed by atoms with Crippen LogP contribution in [0.3, 0.4) is 0 Å². The first-order chi connectivity index (χ1) is 10.2. The van der Waals surface area contributed by atoms with E-state index >= 15 is 0 Å². The summed E-state index contributed by atoms with van der Waals surface area (Å²) >= 11 is 0. The maximum atomic E-state index is 13.0. The Labute approximate surface area is 126 Å². The van der Waals surface area contributed by atoms with Crippen LogP contribution < -0.4 is 5.32 Å². The fraction of sp³-hybridized carbons (Fsp3) is 0.625. The van der Waals surface area contributed by atoms with E-state index in [1.54, 1.807) is 4.31 Å². The summed E-state index contributed by atoms with van der Waals surface area (Å²) in [5.74, 6) is 0.489. The molecule has 21 heavy (non-hydrogen) atoms. The summed E-state index contributed by atoms with van der Waals surface area (Å²) in [7, 11) is -3.34. The zero-order valence-corrected chi connectivity index (χ0v) is 13.0. The van der Waals surface area contributed by atoms with Gasteiger partial charge in [-0.05, 0) is 67.8 Å². The molecule has 2 fully saturated rings. The average Bonchev–Trinajstić information content (AvgIpc) is 3.14. The third kappa shape index (κ3) is 2.22. The number of sulfonamides is 1. The lowest BCUT2D eigenvalue weighted by molar-refractivity contribution is 0.217. The minimum atomic E-state index is -3.34. The Morgan fingerprint density at radius 2 is 1.95 bits per heavy atom. The van der Waals surface area contributed by atoms with Gasteiger partial charge in [-0.1, -0.05) is 6.07 Å². The van der Waals surface area contributed by atoms with E-state index in [9.17, 15) is 8.42 Å². The van der Waals surface area contributed by atoms with Crippen LogP contribution in [0.5, 0.6) is 0 Å². The third-order valence-electron chi connectivity index (χ3n) is 5.30. The van der Waals surface area contributed by atoms with Gasteiger partial charge in [0.25, 0.3) is 0 Å². The third-order valence-corrected chi connectivity index (χ3v) is 7.22. The first-order valence-electron chi connectivity index (χ1n) is 8.00. The Hall–Kier alpha value is -0.910. The van der Waals surface area contributed by atoms with E-state index in [0.29, 0.717) is 17.4 Å². The lowest BCUT2D eigenvalue weighted by atomic mass is 9.94. The fourth-order valence-corrected chi connectivity index (χ4v) is 5.94. The molecule has 4 rings (SSSR count). The molecule has 3 aliphatic rings. The van der Waals surface area contributed by atoms with E-state index in [2.05, 4.69) is 5.32 Å². The minimum absolute atomic E-state index is 0.150. The molecule has 1 aromatic carbocycles. The molecule has 2 atom stereocenters. The molecule has 2 heterocycles. The molecule has 4 nitrogen and oxygen atoms in total. The molecule has 1 N–H and O–H groups in total. The van der Waals surface area contributed by atoms with Gasteiger partial charge in [0.2, 0.25) is 10.0 Å². The number of hydrogen-bond acceptors (Lipinski definition) is 3. The summed E-state index contributed by atoms with van der Waals surface area (Å²) in [6, 6.07) is 5.90. The van der Waals surface area contributed by atoms with Crippen molar-refractivity contribution < 1.29 is 8.42 Å². The average molecular weight is 306 g/mol. The quantitative estimate of drug-likeness (QED) is 0.902. The van der Waals surface area contributed by atoms with Gasteiger partial charge in [-0.25, -0.2) is 8.42 Å². The highest BCUT2D eigenvalue weighted by Crippen LogP contribution is 2.32. The van der Waals surface area contributed by atoms with Gasteiger partial charge in [0, 0.05) is 19.1 Å². The second kappa shape index (κ2) is 5.07. The normalized spacial score (nSPS) is 29.3. The van der Waals surface area contributed by atoms with Gasteiger partial charge in [-0.3, -0.25) is 0 Å². The van der Waals surface area contributed by atoms with E-state index in [-0.39, 0.29) is 6.04 Å². The van der Waals surface area contributed by atoms with Crippen LogP contribution in [0, 0.1) is 5.92 Å². The van der Waals surface area contributed by atoms with E-state index in [4.69, 9.17) is 0 Å². The van der Waals surface area contributed by atoms with Gasteiger partial charge in [0.15, 0.2) is 0 Å². The van der Waals surface area contributed by atoms with E-state index < -0.39 is 10.0 Å². The molecule has 2 aliphatic heterocycles. The number of hydrogen-bond donors (Lipinski definition) is 1. The van der Waals surface area contributed by atoms with Gasteiger partial charge in [-0.2, -0.15) is 4.31 Å². The molecule has 0 spiro atoms. The molecule has 5 heteroatoms. The van der Waals surface area contributed by atoms with Crippen molar-refractivity contribution in [2.75, 3.05) is 19.6 Å². The van der Waals surface area contributed by atoms with Crippen LogP contribution in [-0.4, -0.2) is 38.4 Å². The van der Waals surface area contributed by atoms with Crippen molar-refractivity contribution in [3.63, 3.8) is 0 Å². The van der Waals surface area contributed by atoms with Gasteiger partial charge >= 0.3 is 0 Å². The molecule has 0 bridgehead atoms. The lowest BCUT2D eigenvalue weighted by Crippen LogP contribution is -2.48. The van der Waals surface area contributed by atoms with Crippen molar-refractivity contribution in [3.8, 4) is 0 Å². The van der Waals surface area contributed by atoms with Crippen molar-refractivity contribution in [3.05, 3.63) is 29.3 Å². The Kier molecular flexibility index (Phi) is 3.32. The van der Waals surface area contributed by atoms with Gasteiger partial charge in [0.05, 0.1) is 4.90 Å². The molecular weight excluding hydrogens is 284 g/mol. The highest BCUT2D eigenvalue weighted by atomic mass is 32.2. The second-order valence-electron chi connectivity index (χ2n) is 6.53. The monoisotopic (exact) mass is 306 g/mol. The number of aryl methyl sites for hydroxylation is 2. The molecule has 114 valence electrons. The van der Waals surface area contributed by atoms with Crippen LogP contribution in [0.4, 0.5) is 0 Å². The van der Waals surface area contributed by atoms with Crippen LogP contribution in [-0.2, 0) is 22.9 Å². The minimum Gasteiger partial charge on any atom is -0.315 e. The summed E-state index contributed by atoms with van der Waals surface area (Å²) in [4.78, 5) is 0.496. The van der Waals surface area contributed by atoms with Gasteiger partial charge in [0.1, 0.15) is 0 Å². The zero-order chi connectivity index (χ0) is 14.4. The summed E-state index contributed by atoms with van der Waals surface area (Å²) in [5, 5.41) is 3.35. The highest BCUT2D eigenvalue weighted by Gasteiger charge is 2.41. The smallest absolute Gasteiger partial charge is 0.243 e. The molecular formula is C16H22N2O2S. The van der Waals surface area contributed by atoms with Crippen LogP contribution in [0.25, 0.3) is 0 Å². The SMILES string of the molecule is O=S(=O)(c1ccc2c(c1)CCC2)N1CCCC2CNCC21. The first kappa shape index (κ1) is 13.7. The molecule has 1 aromatic rings. The summed E-state index contributed by atoms with van der Waals surface area (Å²) in [5.41, 5.74) is 2.56. The Bertz CT molecular complexity index is 656. The summed E-state index contributed by atoms with van der Waals surface area (Å²) in [6.45, 7) is 2.43. The maximum Gasteiger partial charge on any atom is 0.243 e. The predicted octanol–water partition coefficient (Wildman–Crippen LogP) is 1.55. The number of benzene rings is 1. The Morgan fingerprint density at radius 3 is 2.86 bits per heavy atom. The molecule has 0 aromatic heterocycles. The number of nitrogens with zero attached hydrogens (tertiary/aromatic N) is 1. The van der Waals surface area contributed by atoms with Crippen molar-refractivity contribution in [1.29, 1.82) is 0 Å². The summed E-state index contributed by atoms with van der Waals surface area (Å²) < 4.78 is 27.8. The largest absolute Gasteiger partial charge is 0.315 e. The number of rotatable bonds is 2. The standard InChI is InChI=1S/C16H22N2O2S/c19-21(20,15-7-6-12-3-1-4-13(12)9-15)18-8-2-5-14-10-17-11-16(14)18/h6-7,9,14,16-17H,1-5,8,10-11H2. The number of piperidine rings is 1. The highest BCUT2D eigenvalue weighted by molar-refractivity contribution is 7.89. The molecule has 2 saturated heterocycles. The van der Waals surface area contributed by atoms with E-state index in [1.807, 2.05) is 18.2 Å². The van der Waals surface area contributed by atoms with Crippen LogP contribution >= 0.6 is 0 Å². The Morgan fingerprint density at radius 1 is 1.10 bits per heavy atom. The fourth-order valence-electron chi connectivity index (χ4n) is 4.17. The predicted molar refractivity (Wildman–Crippen MR) is 81.7 cm³/mol. The topological polar surface area (TPSA) is 49.4 Å². The number of fused-ring (bicyclic) bond motifs is 2. The second-order valence-corrected chi connectivity index (χ2v) is 8.42. The number of nitrogens with one attached hydrogen (secondary N) is 1. The lowest BCUT2D eigenvalue weighted by Gasteiger charge is -2.36. The van der Waals surface area contributed by atoms with Crippen LogP contribution in [0.2, 0.25) is 0 Å². The zero-order valence-electron chi connectivity index (χ0n) is 12.2. The van der Waals surface area contributed by atoms with Crippen molar-refractivity contribution in [2.45, 2.75) is 43.0 Å². The molecule has 0 saturated carbocycles. The van der Waals surface area contributed by atoms with Crippen LogP contribution in [0.15, 0.2) is 23.1 Å². The van der Waals surface area contributed by atoms with Crippen molar-refractivity contribution in [2.24, 2.45) is 5.92 Å². The summed E-state index contributed by atoms with van der Waals surface area (Å²) in [6.07, 6.45) is 5.39. The van der Waals surface area contributed by atoms with E-state index in [1.165, 1.54) is 11.1 Å². The van der Waals surface area contributed by atoms with Crippen LogP contribution in [0.1, 0.15) is 30.4 Å². The van der Waals surface area contributed by atoms with Gasteiger partial charge < -0.3 is 5.32 Å². The van der Waals surface area contributed by atoms with Gasteiger partial charge in [-0.15, -0.1) is 0 Å². The van der Waals surface area contributed by atoms with Crippen molar-refractivity contribution >= 4 is 10.0 Å². The molecule has 1 aliphatic carbocycles. The first-order valence-corrected chi connectivity index (χ1v) is 9.44. The van der Waals surface area contributed by atoms with Crippen molar-refractivity contribution in [1.82, 2.24) is 9.62 Å². The van der Waals surface area contributed by atoms with E-state index in [0.717, 1.165) is 45.2 Å². The molecule has 2 unspecified atom stereocenters. The maximum absolute atomic E-state index is 13.0. The molecule has 0 amide bonds.